The monoisotopic (exact) mass is 550 g/mol. The van der Waals surface area contributed by atoms with Crippen LogP contribution in [0.4, 0.5) is 0 Å². The fraction of sp³-hybridized carbons (Fsp3) is 0.353. The van der Waals surface area contributed by atoms with E-state index in [1.54, 1.807) is 7.11 Å². The van der Waals surface area contributed by atoms with Gasteiger partial charge in [0.05, 0.1) is 29.1 Å². The van der Waals surface area contributed by atoms with Crippen molar-refractivity contribution in [2.24, 2.45) is 0 Å². The number of pyridine rings is 1. The van der Waals surface area contributed by atoms with Crippen molar-refractivity contribution in [2.75, 3.05) is 13.9 Å². The summed E-state index contributed by atoms with van der Waals surface area (Å²) in [6.07, 6.45) is 9.31. The molecular weight excluding hydrogens is 514 g/mol. The van der Waals surface area contributed by atoms with Gasteiger partial charge in [-0.1, -0.05) is 44.7 Å². The second kappa shape index (κ2) is 11.0. The Morgan fingerprint density at radius 1 is 0.976 bits per heavy atom. The topological polar surface area (TPSA) is 58.6 Å². The van der Waals surface area contributed by atoms with E-state index in [1.807, 2.05) is 12.1 Å². The summed E-state index contributed by atoms with van der Waals surface area (Å²) in [5.74, 6) is 4.06. The van der Waals surface area contributed by atoms with Crippen LogP contribution in [0.3, 0.4) is 0 Å². The van der Waals surface area contributed by atoms with Gasteiger partial charge < -0.3 is 23.5 Å². The quantitative estimate of drug-likeness (QED) is 0.139. The highest BCUT2D eigenvalue weighted by molar-refractivity contribution is 5.91. The van der Waals surface area contributed by atoms with Crippen molar-refractivity contribution in [3.8, 4) is 34.3 Å². The molecule has 5 aromatic rings. The Hall–Kier alpha value is -4.26. The number of methoxy groups -OCH3 is 1. The molecule has 0 spiro atoms. The number of rotatable bonds is 10. The first-order valence-electron chi connectivity index (χ1n) is 14.8. The third-order valence-electron chi connectivity index (χ3n) is 8.36. The van der Waals surface area contributed by atoms with Crippen LogP contribution in [0.5, 0.6) is 23.0 Å². The lowest BCUT2D eigenvalue weighted by atomic mass is 9.95. The van der Waals surface area contributed by atoms with E-state index in [0.29, 0.717) is 6.61 Å². The number of imidazole rings is 1. The highest BCUT2D eigenvalue weighted by Crippen LogP contribution is 2.42. The van der Waals surface area contributed by atoms with E-state index in [1.165, 1.54) is 36.8 Å². The van der Waals surface area contributed by atoms with Gasteiger partial charge in [0, 0.05) is 19.0 Å². The predicted molar refractivity (Wildman–Crippen MR) is 159 cm³/mol. The van der Waals surface area contributed by atoms with Gasteiger partial charge >= 0.3 is 0 Å². The van der Waals surface area contributed by atoms with Crippen molar-refractivity contribution < 1.29 is 23.5 Å². The Morgan fingerprint density at radius 2 is 1.83 bits per heavy atom. The van der Waals surface area contributed by atoms with Crippen LogP contribution in [0.25, 0.3) is 33.1 Å². The third-order valence-corrected chi connectivity index (χ3v) is 8.36. The van der Waals surface area contributed by atoms with E-state index in [9.17, 15) is 0 Å². The molecule has 2 aliphatic heterocycles. The average Bonchev–Trinajstić information content (AvgIpc) is 3.61. The highest BCUT2D eigenvalue weighted by atomic mass is 16.7. The lowest BCUT2D eigenvalue weighted by Gasteiger charge is -2.18. The molecule has 0 saturated carbocycles. The zero-order chi connectivity index (χ0) is 27.8. The van der Waals surface area contributed by atoms with Crippen LogP contribution in [0, 0.1) is 0 Å². The first kappa shape index (κ1) is 25.7. The van der Waals surface area contributed by atoms with E-state index in [4.69, 9.17) is 23.9 Å². The summed E-state index contributed by atoms with van der Waals surface area (Å²) < 4.78 is 28.4. The molecule has 3 aromatic carbocycles. The molecule has 4 heterocycles. The molecule has 0 fully saturated rings. The smallest absolute Gasteiger partial charge is 0.231 e. The lowest BCUT2D eigenvalue weighted by molar-refractivity contribution is -0.686. The number of benzene rings is 3. The van der Waals surface area contributed by atoms with Crippen LogP contribution in [0.2, 0.25) is 0 Å². The van der Waals surface area contributed by atoms with Crippen LogP contribution in [-0.4, -0.2) is 23.5 Å². The molecule has 2 aliphatic rings. The van der Waals surface area contributed by atoms with Crippen LogP contribution in [0.1, 0.15) is 50.4 Å². The zero-order valence-electron chi connectivity index (χ0n) is 23.8. The first-order chi connectivity index (χ1) is 20.2. The van der Waals surface area contributed by atoms with E-state index >= 15 is 0 Å². The normalized spacial score (nSPS) is 13.4. The maximum Gasteiger partial charge on any atom is 0.231 e. The van der Waals surface area contributed by atoms with Gasteiger partial charge in [-0.15, -0.1) is 0 Å². The van der Waals surface area contributed by atoms with Gasteiger partial charge in [0.1, 0.15) is 12.4 Å². The van der Waals surface area contributed by atoms with Crippen molar-refractivity contribution in [2.45, 2.75) is 65.1 Å². The fourth-order valence-corrected chi connectivity index (χ4v) is 6.20. The molecule has 0 atom stereocenters. The maximum absolute atomic E-state index is 6.61. The van der Waals surface area contributed by atoms with Crippen molar-refractivity contribution in [1.82, 2.24) is 9.55 Å². The van der Waals surface area contributed by atoms with E-state index in [0.717, 1.165) is 82.3 Å². The minimum Gasteiger partial charge on any atom is -0.493 e. The molecule has 0 bridgehead atoms. The molecule has 0 amide bonds. The summed E-state index contributed by atoms with van der Waals surface area (Å²) in [6, 6.07) is 19.0. The molecule has 210 valence electrons. The van der Waals surface area contributed by atoms with Gasteiger partial charge in [-0.2, -0.15) is 4.57 Å². The molecule has 7 nitrogen and oxygen atoms in total. The number of aryl methyl sites for hydroxylation is 3. The third kappa shape index (κ3) is 4.73. The Labute approximate surface area is 240 Å². The summed E-state index contributed by atoms with van der Waals surface area (Å²) in [7, 11) is 1.70. The number of fused-ring (bicyclic) bond motifs is 6. The van der Waals surface area contributed by atoms with Gasteiger partial charge in [-0.25, -0.2) is 4.98 Å². The van der Waals surface area contributed by atoms with Crippen molar-refractivity contribution >= 4 is 21.8 Å². The summed E-state index contributed by atoms with van der Waals surface area (Å²) in [6.45, 7) is 4.72. The summed E-state index contributed by atoms with van der Waals surface area (Å²) in [5, 5.41) is 2.13. The Morgan fingerprint density at radius 3 is 2.71 bits per heavy atom. The van der Waals surface area contributed by atoms with Gasteiger partial charge in [-0.3, -0.25) is 0 Å². The number of unbranched alkanes of at least 4 members (excludes halogenated alkanes) is 4. The fourth-order valence-electron chi connectivity index (χ4n) is 6.20. The van der Waals surface area contributed by atoms with Gasteiger partial charge in [0.15, 0.2) is 35.7 Å². The molecular formula is C34H36N3O4+. The largest absolute Gasteiger partial charge is 0.493 e. The van der Waals surface area contributed by atoms with Gasteiger partial charge in [0.25, 0.3) is 0 Å². The lowest BCUT2D eigenvalue weighted by Crippen LogP contribution is -2.40. The highest BCUT2D eigenvalue weighted by Gasteiger charge is 2.29. The van der Waals surface area contributed by atoms with Crippen LogP contribution in [0.15, 0.2) is 60.8 Å². The minimum atomic E-state index is 0.281. The number of aromatic nitrogens is 3. The standard InChI is InChI=1S/C34H36N3O4/c1-3-4-5-6-9-15-37-28-11-8-7-10-27(28)35-33(37)21-39-34-26-20-36-16-14-24-18-31-32(41-22-40-31)19-25(24)29(36)17-23(26)12-13-30(34)38-2/h7-8,10-13,17-20H,3-6,9,14-16,21-22H2,1-2H3/q+1. The minimum absolute atomic E-state index is 0.281. The predicted octanol–water partition coefficient (Wildman–Crippen LogP) is 6.99. The van der Waals surface area contributed by atoms with Gasteiger partial charge in [0.2, 0.25) is 12.5 Å². The average molecular weight is 551 g/mol. The maximum atomic E-state index is 6.61. The first-order valence-corrected chi connectivity index (χ1v) is 14.8. The number of hydrogen-bond acceptors (Lipinski definition) is 5. The van der Waals surface area contributed by atoms with E-state index in [2.05, 4.69) is 64.7 Å². The number of nitrogens with zero attached hydrogens (tertiary/aromatic N) is 3. The Balaban J connectivity index is 1.22. The number of para-hydroxylation sites is 2. The molecule has 0 aliphatic carbocycles. The van der Waals surface area contributed by atoms with Crippen molar-refractivity contribution in [3.63, 3.8) is 0 Å². The van der Waals surface area contributed by atoms with Crippen LogP contribution >= 0.6 is 0 Å². The summed E-state index contributed by atoms with van der Waals surface area (Å²) in [5.41, 5.74) is 5.81. The van der Waals surface area contributed by atoms with Crippen LogP contribution < -0.4 is 23.5 Å². The molecule has 2 aromatic heterocycles. The van der Waals surface area contributed by atoms with Gasteiger partial charge in [-0.05, 0) is 53.8 Å². The van der Waals surface area contributed by atoms with Crippen LogP contribution in [-0.2, 0) is 26.1 Å². The molecule has 7 heteroatoms. The molecule has 0 unspecified atom stereocenters. The SMILES string of the molecule is CCCCCCCn1c(COc2c(OC)ccc3cc4[n+](cc23)CCc2cc3c(cc2-4)OCO3)nc2ccccc21. The number of ether oxygens (including phenoxy) is 4. The Kier molecular flexibility index (Phi) is 6.87. The molecule has 7 rings (SSSR count). The second-order valence-corrected chi connectivity index (χ2v) is 10.9. The summed E-state index contributed by atoms with van der Waals surface area (Å²) in [4.78, 5) is 4.97. The van der Waals surface area contributed by atoms with Crippen molar-refractivity contribution in [1.29, 1.82) is 0 Å². The number of hydrogen-bond donors (Lipinski definition) is 0. The molecule has 0 saturated heterocycles. The molecule has 0 radical (unpaired) electrons. The van der Waals surface area contributed by atoms with E-state index in [-0.39, 0.29) is 6.79 Å². The van der Waals surface area contributed by atoms with Crippen molar-refractivity contribution in [3.05, 3.63) is 72.2 Å². The second-order valence-electron chi connectivity index (χ2n) is 10.9. The Bertz CT molecular complexity index is 1740. The zero-order valence-corrected chi connectivity index (χ0v) is 23.8. The summed E-state index contributed by atoms with van der Waals surface area (Å²) >= 11 is 0. The van der Waals surface area contributed by atoms with E-state index < -0.39 is 0 Å². The molecule has 0 N–H and O–H groups in total. The molecule has 41 heavy (non-hydrogen) atoms.